The molecule has 1 saturated heterocycles. The van der Waals surface area contributed by atoms with Crippen LogP contribution in [0, 0.1) is 0 Å². The Morgan fingerprint density at radius 3 is 2.44 bits per heavy atom. The Kier molecular flexibility index (Phi) is 7.71. The highest BCUT2D eigenvalue weighted by Gasteiger charge is 2.14. The van der Waals surface area contributed by atoms with E-state index >= 15 is 0 Å². The van der Waals surface area contributed by atoms with E-state index in [1.54, 1.807) is 0 Å². The maximum atomic E-state index is 8.82. The van der Waals surface area contributed by atoms with Gasteiger partial charge in [-0.05, 0) is 19.3 Å². The molecule has 0 radical (unpaired) electrons. The molecule has 5 heteroatoms. The second-order valence-corrected chi connectivity index (χ2v) is 3.96. The third kappa shape index (κ3) is 5.77. The van der Waals surface area contributed by atoms with Crippen molar-refractivity contribution in [3.63, 3.8) is 0 Å². The van der Waals surface area contributed by atoms with E-state index in [1.165, 1.54) is 6.42 Å². The van der Waals surface area contributed by atoms with Crippen molar-refractivity contribution in [3.8, 4) is 0 Å². The lowest BCUT2D eigenvalue weighted by Gasteiger charge is -2.25. The zero-order valence-electron chi connectivity index (χ0n) is 9.81. The van der Waals surface area contributed by atoms with Crippen LogP contribution < -0.4 is 0 Å². The van der Waals surface area contributed by atoms with Gasteiger partial charge in [-0.25, -0.2) is 0 Å². The van der Waals surface area contributed by atoms with Crippen LogP contribution in [0.2, 0.25) is 0 Å². The predicted molar refractivity (Wildman–Crippen MR) is 60.2 cm³/mol. The second-order valence-electron chi connectivity index (χ2n) is 3.96. The first-order valence-electron chi connectivity index (χ1n) is 6.04. The summed E-state index contributed by atoms with van der Waals surface area (Å²) in [5.41, 5.74) is 0. The SMILES string of the molecule is OCCN(CCO)CCOC1CCCCO1. The van der Waals surface area contributed by atoms with Crippen LogP contribution in [-0.4, -0.2) is 67.5 Å². The van der Waals surface area contributed by atoms with E-state index in [9.17, 15) is 0 Å². The summed E-state index contributed by atoms with van der Waals surface area (Å²) in [5, 5.41) is 17.6. The van der Waals surface area contributed by atoms with Crippen molar-refractivity contribution in [2.24, 2.45) is 0 Å². The van der Waals surface area contributed by atoms with E-state index in [1.807, 2.05) is 4.90 Å². The van der Waals surface area contributed by atoms with Crippen LogP contribution in [0.15, 0.2) is 0 Å². The Morgan fingerprint density at radius 1 is 1.12 bits per heavy atom. The summed E-state index contributed by atoms with van der Waals surface area (Å²) >= 11 is 0. The van der Waals surface area contributed by atoms with Gasteiger partial charge in [-0.15, -0.1) is 0 Å². The summed E-state index contributed by atoms with van der Waals surface area (Å²) in [5.74, 6) is 0. The Bertz CT molecular complexity index is 156. The van der Waals surface area contributed by atoms with Gasteiger partial charge < -0.3 is 19.7 Å². The van der Waals surface area contributed by atoms with Gasteiger partial charge in [-0.1, -0.05) is 0 Å². The lowest BCUT2D eigenvalue weighted by atomic mass is 10.2. The largest absolute Gasteiger partial charge is 0.395 e. The average Bonchev–Trinajstić information content (AvgIpc) is 2.31. The molecule has 1 atom stereocenters. The number of hydrogen-bond acceptors (Lipinski definition) is 5. The third-order valence-electron chi connectivity index (χ3n) is 2.68. The number of rotatable bonds is 8. The Hall–Kier alpha value is -0.200. The van der Waals surface area contributed by atoms with Gasteiger partial charge in [0.05, 0.1) is 19.8 Å². The van der Waals surface area contributed by atoms with Gasteiger partial charge >= 0.3 is 0 Å². The van der Waals surface area contributed by atoms with Crippen LogP contribution in [-0.2, 0) is 9.47 Å². The van der Waals surface area contributed by atoms with E-state index in [4.69, 9.17) is 19.7 Å². The first-order valence-corrected chi connectivity index (χ1v) is 6.04. The van der Waals surface area contributed by atoms with Crippen molar-refractivity contribution in [2.75, 3.05) is 46.1 Å². The molecule has 5 nitrogen and oxygen atoms in total. The summed E-state index contributed by atoms with van der Waals surface area (Å²) in [4.78, 5) is 1.98. The average molecular weight is 233 g/mol. The minimum atomic E-state index is -0.0566. The fourth-order valence-corrected chi connectivity index (χ4v) is 1.77. The molecule has 0 saturated carbocycles. The summed E-state index contributed by atoms with van der Waals surface area (Å²) in [6.07, 6.45) is 3.21. The van der Waals surface area contributed by atoms with Crippen LogP contribution >= 0.6 is 0 Å². The Balaban J connectivity index is 2.06. The third-order valence-corrected chi connectivity index (χ3v) is 2.68. The minimum absolute atomic E-state index is 0.0566. The highest BCUT2D eigenvalue weighted by molar-refractivity contribution is 4.58. The van der Waals surface area contributed by atoms with Crippen LogP contribution in [0.5, 0.6) is 0 Å². The summed E-state index contributed by atoms with van der Waals surface area (Å²) in [7, 11) is 0. The molecule has 0 aliphatic carbocycles. The molecule has 1 aliphatic rings. The smallest absolute Gasteiger partial charge is 0.157 e. The van der Waals surface area contributed by atoms with E-state index in [-0.39, 0.29) is 19.5 Å². The molecule has 1 unspecified atom stereocenters. The molecule has 1 heterocycles. The molecule has 0 spiro atoms. The Morgan fingerprint density at radius 2 is 1.88 bits per heavy atom. The van der Waals surface area contributed by atoms with Gasteiger partial charge in [0.2, 0.25) is 0 Å². The number of hydrogen-bond donors (Lipinski definition) is 2. The predicted octanol–water partition coefficient (Wildman–Crippen LogP) is -0.184. The van der Waals surface area contributed by atoms with Crippen molar-refractivity contribution in [2.45, 2.75) is 25.6 Å². The normalized spacial score (nSPS) is 21.6. The van der Waals surface area contributed by atoms with Gasteiger partial charge in [0.15, 0.2) is 6.29 Å². The first-order chi connectivity index (χ1) is 7.86. The van der Waals surface area contributed by atoms with Gasteiger partial charge in [0, 0.05) is 26.2 Å². The molecule has 0 aromatic rings. The molecule has 16 heavy (non-hydrogen) atoms. The van der Waals surface area contributed by atoms with Crippen LogP contribution in [0.3, 0.4) is 0 Å². The molecule has 0 aromatic heterocycles. The standard InChI is InChI=1S/C11H23NO4/c13-7-4-12(5-8-14)6-10-16-11-3-1-2-9-15-11/h11,13-14H,1-10H2. The lowest BCUT2D eigenvalue weighted by Crippen LogP contribution is -2.34. The number of aliphatic hydroxyl groups is 2. The summed E-state index contributed by atoms with van der Waals surface area (Å²) in [6, 6.07) is 0. The maximum absolute atomic E-state index is 8.82. The summed E-state index contributed by atoms with van der Waals surface area (Å²) in [6.45, 7) is 3.48. The quantitative estimate of drug-likeness (QED) is 0.609. The van der Waals surface area contributed by atoms with Crippen molar-refractivity contribution < 1.29 is 19.7 Å². The fourth-order valence-electron chi connectivity index (χ4n) is 1.77. The molecule has 0 aromatic carbocycles. The zero-order chi connectivity index (χ0) is 11.6. The highest BCUT2D eigenvalue weighted by atomic mass is 16.7. The number of aliphatic hydroxyl groups excluding tert-OH is 2. The fraction of sp³-hybridized carbons (Fsp3) is 1.00. The van der Waals surface area contributed by atoms with Crippen LogP contribution in [0.25, 0.3) is 0 Å². The maximum Gasteiger partial charge on any atom is 0.157 e. The highest BCUT2D eigenvalue weighted by Crippen LogP contribution is 2.13. The van der Waals surface area contributed by atoms with Gasteiger partial charge in [0.1, 0.15) is 0 Å². The molecule has 1 rings (SSSR count). The molecular formula is C11H23NO4. The number of nitrogens with zero attached hydrogens (tertiary/aromatic N) is 1. The monoisotopic (exact) mass is 233 g/mol. The molecule has 1 aliphatic heterocycles. The van der Waals surface area contributed by atoms with E-state index < -0.39 is 0 Å². The van der Waals surface area contributed by atoms with Crippen LogP contribution in [0.4, 0.5) is 0 Å². The van der Waals surface area contributed by atoms with E-state index in [0.29, 0.717) is 19.7 Å². The number of ether oxygens (including phenoxy) is 2. The van der Waals surface area contributed by atoms with Crippen molar-refractivity contribution in [3.05, 3.63) is 0 Å². The molecular weight excluding hydrogens is 210 g/mol. The molecule has 0 bridgehead atoms. The van der Waals surface area contributed by atoms with Crippen molar-refractivity contribution in [1.29, 1.82) is 0 Å². The second kappa shape index (κ2) is 8.90. The van der Waals surface area contributed by atoms with Gasteiger partial charge in [-0.3, -0.25) is 4.90 Å². The summed E-state index contributed by atoms with van der Waals surface area (Å²) < 4.78 is 11.0. The topological polar surface area (TPSA) is 62.2 Å². The Labute approximate surface area is 97.0 Å². The molecule has 96 valence electrons. The lowest BCUT2D eigenvalue weighted by molar-refractivity contribution is -0.164. The molecule has 2 N–H and O–H groups in total. The van der Waals surface area contributed by atoms with Gasteiger partial charge in [0.25, 0.3) is 0 Å². The minimum Gasteiger partial charge on any atom is -0.395 e. The van der Waals surface area contributed by atoms with Crippen molar-refractivity contribution in [1.82, 2.24) is 4.90 Å². The van der Waals surface area contributed by atoms with E-state index in [2.05, 4.69) is 0 Å². The zero-order valence-corrected chi connectivity index (χ0v) is 9.81. The van der Waals surface area contributed by atoms with Crippen molar-refractivity contribution >= 4 is 0 Å². The molecule has 1 fully saturated rings. The van der Waals surface area contributed by atoms with Crippen LogP contribution in [0.1, 0.15) is 19.3 Å². The first kappa shape index (κ1) is 13.9. The van der Waals surface area contributed by atoms with Gasteiger partial charge in [-0.2, -0.15) is 0 Å². The van der Waals surface area contributed by atoms with E-state index in [0.717, 1.165) is 26.0 Å². The molecule has 0 amide bonds.